The minimum Gasteiger partial charge on any atom is -0.508 e. The number of benzene rings is 1. The van der Waals surface area contributed by atoms with Crippen LogP contribution in [-0.2, 0) is 4.74 Å². The molecule has 4 heteroatoms. The summed E-state index contributed by atoms with van der Waals surface area (Å²) in [6.07, 6.45) is 0. The van der Waals surface area contributed by atoms with E-state index < -0.39 is 0 Å². The van der Waals surface area contributed by atoms with Gasteiger partial charge in [0, 0.05) is 18.2 Å². The van der Waals surface area contributed by atoms with E-state index in [0.29, 0.717) is 24.7 Å². The Hall–Kier alpha value is -1.55. The highest BCUT2D eigenvalue weighted by Gasteiger charge is 2.11. The molecule has 0 aliphatic rings. The Morgan fingerprint density at radius 2 is 2.00 bits per heavy atom. The van der Waals surface area contributed by atoms with Gasteiger partial charge in [-0.2, -0.15) is 0 Å². The Balaban J connectivity index is 2.47. The van der Waals surface area contributed by atoms with Crippen molar-refractivity contribution in [3.63, 3.8) is 0 Å². The van der Waals surface area contributed by atoms with Crippen LogP contribution in [0.15, 0.2) is 18.2 Å². The first-order valence-electron chi connectivity index (χ1n) is 6.58. The number of phenolic OH excluding ortho intramolecular Hbond substituents is 1. The van der Waals surface area contributed by atoms with Crippen molar-refractivity contribution in [1.29, 1.82) is 0 Å². The largest absolute Gasteiger partial charge is 0.508 e. The van der Waals surface area contributed by atoms with Gasteiger partial charge in [0.25, 0.3) is 5.91 Å². The van der Waals surface area contributed by atoms with Crippen molar-refractivity contribution >= 4 is 5.91 Å². The zero-order valence-electron chi connectivity index (χ0n) is 12.1. The lowest BCUT2D eigenvalue weighted by Crippen LogP contribution is -2.36. The van der Waals surface area contributed by atoms with Crippen LogP contribution in [-0.4, -0.2) is 30.3 Å². The SMILES string of the molecule is Cc1ccc(C(=O)NC(C)COCC(C)C)cc1O. The van der Waals surface area contributed by atoms with Crippen molar-refractivity contribution in [2.75, 3.05) is 13.2 Å². The van der Waals surface area contributed by atoms with E-state index in [1.165, 1.54) is 6.07 Å². The van der Waals surface area contributed by atoms with Crippen molar-refractivity contribution < 1.29 is 14.6 Å². The van der Waals surface area contributed by atoms with E-state index in [-0.39, 0.29) is 17.7 Å². The summed E-state index contributed by atoms with van der Waals surface area (Å²) in [6, 6.07) is 4.84. The molecule has 0 aromatic heterocycles. The fourth-order valence-electron chi connectivity index (χ4n) is 1.58. The van der Waals surface area contributed by atoms with Gasteiger partial charge < -0.3 is 15.2 Å². The lowest BCUT2D eigenvalue weighted by molar-refractivity contribution is 0.0791. The molecule has 1 atom stereocenters. The van der Waals surface area contributed by atoms with Crippen LogP contribution < -0.4 is 5.32 Å². The van der Waals surface area contributed by atoms with Gasteiger partial charge in [0.15, 0.2) is 0 Å². The van der Waals surface area contributed by atoms with Crippen LogP contribution in [0.3, 0.4) is 0 Å². The zero-order valence-corrected chi connectivity index (χ0v) is 12.1. The van der Waals surface area contributed by atoms with Crippen LogP contribution in [0.2, 0.25) is 0 Å². The van der Waals surface area contributed by atoms with Crippen molar-refractivity contribution in [3.05, 3.63) is 29.3 Å². The van der Waals surface area contributed by atoms with Gasteiger partial charge in [-0.15, -0.1) is 0 Å². The summed E-state index contributed by atoms with van der Waals surface area (Å²) in [5.74, 6) is 0.421. The molecule has 4 nitrogen and oxygen atoms in total. The molecule has 0 aliphatic carbocycles. The number of nitrogens with one attached hydrogen (secondary N) is 1. The predicted molar refractivity (Wildman–Crippen MR) is 75.4 cm³/mol. The van der Waals surface area contributed by atoms with E-state index in [2.05, 4.69) is 19.2 Å². The number of phenols is 1. The molecule has 19 heavy (non-hydrogen) atoms. The highest BCUT2D eigenvalue weighted by atomic mass is 16.5. The van der Waals surface area contributed by atoms with E-state index in [1.54, 1.807) is 19.1 Å². The van der Waals surface area contributed by atoms with Gasteiger partial charge in [-0.1, -0.05) is 19.9 Å². The molecule has 0 saturated heterocycles. The molecule has 106 valence electrons. The summed E-state index contributed by atoms with van der Waals surface area (Å²) in [5.41, 5.74) is 1.21. The van der Waals surface area contributed by atoms with E-state index in [1.807, 2.05) is 6.92 Å². The molecule has 0 bridgehead atoms. The molecule has 1 unspecified atom stereocenters. The highest BCUT2D eigenvalue weighted by Crippen LogP contribution is 2.17. The summed E-state index contributed by atoms with van der Waals surface area (Å²) in [5, 5.41) is 12.4. The second-order valence-electron chi connectivity index (χ2n) is 5.31. The topological polar surface area (TPSA) is 58.6 Å². The van der Waals surface area contributed by atoms with Crippen LogP contribution in [0, 0.1) is 12.8 Å². The molecule has 2 N–H and O–H groups in total. The maximum atomic E-state index is 11.9. The Bertz CT molecular complexity index is 429. The van der Waals surface area contributed by atoms with Crippen LogP contribution in [0.5, 0.6) is 5.75 Å². The maximum absolute atomic E-state index is 11.9. The number of rotatable bonds is 6. The van der Waals surface area contributed by atoms with Crippen molar-refractivity contribution in [1.82, 2.24) is 5.32 Å². The summed E-state index contributed by atoms with van der Waals surface area (Å²) < 4.78 is 5.47. The first-order valence-corrected chi connectivity index (χ1v) is 6.58. The first-order chi connectivity index (χ1) is 8.90. The summed E-state index contributed by atoms with van der Waals surface area (Å²) in [7, 11) is 0. The number of amides is 1. The van der Waals surface area contributed by atoms with Crippen LogP contribution in [0.4, 0.5) is 0 Å². The van der Waals surface area contributed by atoms with Gasteiger partial charge in [-0.25, -0.2) is 0 Å². The lowest BCUT2D eigenvalue weighted by Gasteiger charge is -2.15. The molecule has 0 radical (unpaired) electrons. The molecular weight excluding hydrogens is 242 g/mol. The maximum Gasteiger partial charge on any atom is 0.251 e. The third-order valence-electron chi connectivity index (χ3n) is 2.67. The smallest absolute Gasteiger partial charge is 0.251 e. The number of aryl methyl sites for hydroxylation is 1. The summed E-state index contributed by atoms with van der Waals surface area (Å²) in [4.78, 5) is 11.9. The molecule has 0 fully saturated rings. The Labute approximate surface area is 114 Å². The number of carbonyl (C=O) groups excluding carboxylic acids is 1. The zero-order chi connectivity index (χ0) is 14.4. The van der Waals surface area contributed by atoms with Crippen molar-refractivity contribution in [2.24, 2.45) is 5.92 Å². The molecule has 0 heterocycles. The van der Waals surface area contributed by atoms with Gasteiger partial charge >= 0.3 is 0 Å². The molecular formula is C15H23NO3. The average Bonchev–Trinajstić information content (AvgIpc) is 2.32. The first kappa shape index (κ1) is 15.5. The summed E-state index contributed by atoms with van der Waals surface area (Å²) >= 11 is 0. The minimum atomic E-state index is -0.198. The van der Waals surface area contributed by atoms with Gasteiger partial charge in [-0.3, -0.25) is 4.79 Å². The second-order valence-corrected chi connectivity index (χ2v) is 5.31. The van der Waals surface area contributed by atoms with Gasteiger partial charge in [0.05, 0.1) is 6.61 Å². The molecule has 1 aromatic carbocycles. The minimum absolute atomic E-state index is 0.0605. The van der Waals surface area contributed by atoms with Gasteiger partial charge in [-0.05, 0) is 37.5 Å². The Kier molecular flexibility index (Phi) is 5.83. The van der Waals surface area contributed by atoms with Crippen molar-refractivity contribution in [2.45, 2.75) is 33.7 Å². The quantitative estimate of drug-likeness (QED) is 0.830. The van der Waals surface area contributed by atoms with Crippen LogP contribution in [0.25, 0.3) is 0 Å². The third kappa shape index (κ3) is 5.30. The average molecular weight is 265 g/mol. The number of hydrogen-bond donors (Lipinski definition) is 2. The van der Waals surface area contributed by atoms with Crippen LogP contribution in [0.1, 0.15) is 36.7 Å². The van der Waals surface area contributed by atoms with Gasteiger partial charge in [0.2, 0.25) is 0 Å². The third-order valence-corrected chi connectivity index (χ3v) is 2.67. The van der Waals surface area contributed by atoms with E-state index in [0.717, 1.165) is 5.56 Å². The second kappa shape index (κ2) is 7.14. The Morgan fingerprint density at radius 3 is 2.58 bits per heavy atom. The fraction of sp³-hybridized carbons (Fsp3) is 0.533. The number of carbonyl (C=O) groups is 1. The van der Waals surface area contributed by atoms with Gasteiger partial charge in [0.1, 0.15) is 5.75 Å². The lowest BCUT2D eigenvalue weighted by atomic mass is 10.1. The number of ether oxygens (including phenoxy) is 1. The molecule has 1 amide bonds. The fourth-order valence-corrected chi connectivity index (χ4v) is 1.58. The summed E-state index contributed by atoms with van der Waals surface area (Å²) in [6.45, 7) is 9.02. The van der Waals surface area contributed by atoms with E-state index in [9.17, 15) is 9.90 Å². The molecule has 0 saturated carbocycles. The predicted octanol–water partition coefficient (Wildman–Crippen LogP) is 2.49. The van der Waals surface area contributed by atoms with Crippen LogP contribution >= 0.6 is 0 Å². The molecule has 0 aliphatic heterocycles. The standard InChI is InChI=1S/C15H23NO3/c1-10(2)8-19-9-12(4)16-15(18)13-6-5-11(3)14(17)7-13/h5-7,10,12,17H,8-9H2,1-4H3,(H,16,18). The van der Waals surface area contributed by atoms with E-state index >= 15 is 0 Å². The normalized spacial score (nSPS) is 12.5. The molecule has 0 spiro atoms. The van der Waals surface area contributed by atoms with E-state index in [4.69, 9.17) is 4.74 Å². The van der Waals surface area contributed by atoms with Crippen molar-refractivity contribution in [3.8, 4) is 5.75 Å². The highest BCUT2D eigenvalue weighted by molar-refractivity contribution is 5.94. The Morgan fingerprint density at radius 1 is 1.32 bits per heavy atom. The number of aromatic hydroxyl groups is 1. The molecule has 1 rings (SSSR count). The molecule has 1 aromatic rings. The number of hydrogen-bond acceptors (Lipinski definition) is 3. The monoisotopic (exact) mass is 265 g/mol.